The molecule has 0 unspecified atom stereocenters. The number of carbonyl (C=O) groups excluding carboxylic acids is 1. The number of anilines is 2. The van der Waals surface area contributed by atoms with E-state index in [0.29, 0.717) is 11.5 Å². The molecule has 6 heteroatoms. The fourth-order valence-corrected chi connectivity index (χ4v) is 2.32. The van der Waals surface area contributed by atoms with Crippen molar-refractivity contribution in [2.45, 2.75) is 26.2 Å². The highest BCUT2D eigenvalue weighted by Crippen LogP contribution is 2.14. The van der Waals surface area contributed by atoms with Crippen LogP contribution in [0.25, 0.3) is 0 Å². The Hall–Kier alpha value is -2.65. The fraction of sp³-hybridized carbons (Fsp3) is 0.211. The van der Waals surface area contributed by atoms with E-state index in [0.717, 1.165) is 23.7 Å². The van der Waals surface area contributed by atoms with Crippen LogP contribution < -0.4 is 10.6 Å². The van der Waals surface area contributed by atoms with Gasteiger partial charge in [-0.1, -0.05) is 25.5 Å². The van der Waals surface area contributed by atoms with E-state index in [1.165, 1.54) is 11.8 Å². The first-order valence-corrected chi connectivity index (χ1v) is 8.80. The highest BCUT2D eigenvalue weighted by Gasteiger charge is 2.09. The number of nitriles is 1. The third kappa shape index (κ3) is 6.05. The van der Waals surface area contributed by atoms with Crippen molar-refractivity contribution in [2.24, 2.45) is 0 Å². The molecule has 0 bridgehead atoms. The summed E-state index contributed by atoms with van der Waals surface area (Å²) in [6.07, 6.45) is 6.29. The predicted molar refractivity (Wildman–Crippen MR) is 103 cm³/mol. The van der Waals surface area contributed by atoms with E-state index in [9.17, 15) is 10.1 Å². The highest BCUT2D eigenvalue weighted by molar-refractivity contribution is 9.10. The van der Waals surface area contributed by atoms with Crippen LogP contribution in [0.2, 0.25) is 0 Å². The second kappa shape index (κ2) is 9.60. The average molecular weight is 399 g/mol. The van der Waals surface area contributed by atoms with Gasteiger partial charge in [0.15, 0.2) is 0 Å². The molecule has 1 aromatic heterocycles. The number of hydrogen-bond donors (Lipinski definition) is 2. The molecular weight excluding hydrogens is 380 g/mol. The van der Waals surface area contributed by atoms with Crippen molar-refractivity contribution in [2.75, 3.05) is 10.6 Å². The van der Waals surface area contributed by atoms with Crippen LogP contribution in [-0.4, -0.2) is 10.9 Å². The number of nitrogens with zero attached hydrogens (tertiary/aromatic N) is 2. The number of benzene rings is 1. The third-order valence-corrected chi connectivity index (χ3v) is 3.96. The molecule has 1 heterocycles. The van der Waals surface area contributed by atoms with Gasteiger partial charge in [0.1, 0.15) is 17.5 Å². The number of rotatable bonds is 7. The van der Waals surface area contributed by atoms with Crippen LogP contribution in [0.5, 0.6) is 0 Å². The largest absolute Gasteiger partial charge is 0.345 e. The SMILES string of the molecule is CCCCc1ccc(NC(=O)/C(C#N)=C\Nc2ccc(Br)cn2)cc1. The predicted octanol–water partition coefficient (Wildman–Crippen LogP) is 4.64. The fourth-order valence-electron chi connectivity index (χ4n) is 2.09. The molecule has 1 aromatic carbocycles. The van der Waals surface area contributed by atoms with E-state index in [1.807, 2.05) is 36.4 Å². The Balaban J connectivity index is 1.98. The lowest BCUT2D eigenvalue weighted by atomic mass is 10.1. The van der Waals surface area contributed by atoms with Crippen molar-refractivity contribution in [1.29, 1.82) is 5.26 Å². The van der Waals surface area contributed by atoms with Crippen LogP contribution in [0.15, 0.2) is 58.8 Å². The number of halogens is 1. The van der Waals surface area contributed by atoms with Gasteiger partial charge in [0.25, 0.3) is 5.91 Å². The Kier molecular flexibility index (Phi) is 7.17. The van der Waals surface area contributed by atoms with Crippen LogP contribution in [0.4, 0.5) is 11.5 Å². The third-order valence-electron chi connectivity index (χ3n) is 3.49. The lowest BCUT2D eigenvalue weighted by molar-refractivity contribution is -0.112. The molecule has 25 heavy (non-hydrogen) atoms. The molecule has 5 nitrogen and oxygen atoms in total. The van der Waals surface area contributed by atoms with Gasteiger partial charge in [0.2, 0.25) is 0 Å². The molecule has 2 N–H and O–H groups in total. The lowest BCUT2D eigenvalue weighted by Gasteiger charge is -2.06. The number of aryl methyl sites for hydroxylation is 1. The van der Waals surface area contributed by atoms with Crippen LogP contribution in [0, 0.1) is 11.3 Å². The highest BCUT2D eigenvalue weighted by atomic mass is 79.9. The van der Waals surface area contributed by atoms with E-state index < -0.39 is 5.91 Å². The van der Waals surface area contributed by atoms with Crippen molar-refractivity contribution in [1.82, 2.24) is 4.98 Å². The number of pyridine rings is 1. The van der Waals surface area contributed by atoms with Gasteiger partial charge in [-0.05, 0) is 58.6 Å². The number of aromatic nitrogens is 1. The molecule has 0 saturated carbocycles. The monoisotopic (exact) mass is 398 g/mol. The van der Waals surface area contributed by atoms with Gasteiger partial charge >= 0.3 is 0 Å². The minimum Gasteiger partial charge on any atom is -0.345 e. The second-order valence-corrected chi connectivity index (χ2v) is 6.35. The standard InChI is InChI=1S/C19H19BrN4O/c1-2-3-4-14-5-8-17(9-6-14)24-19(25)15(11-21)12-22-18-10-7-16(20)13-23-18/h5-10,12-13H,2-4H2,1H3,(H,22,23)(H,24,25)/b15-12-. The number of carbonyl (C=O) groups is 1. The van der Waals surface area contributed by atoms with Crippen LogP contribution in [-0.2, 0) is 11.2 Å². The molecule has 0 radical (unpaired) electrons. The van der Waals surface area contributed by atoms with Gasteiger partial charge in [-0.2, -0.15) is 5.26 Å². The smallest absolute Gasteiger partial charge is 0.267 e. The molecule has 2 rings (SSSR count). The Bertz CT molecular complexity index is 777. The molecule has 0 aliphatic heterocycles. The van der Waals surface area contributed by atoms with Gasteiger partial charge in [-0.15, -0.1) is 0 Å². The normalized spacial score (nSPS) is 10.8. The van der Waals surface area contributed by atoms with E-state index in [4.69, 9.17) is 0 Å². The number of nitrogens with one attached hydrogen (secondary N) is 2. The van der Waals surface area contributed by atoms with Gasteiger partial charge in [-0.3, -0.25) is 4.79 Å². The molecule has 0 saturated heterocycles. The maximum Gasteiger partial charge on any atom is 0.267 e. The average Bonchev–Trinajstić information content (AvgIpc) is 2.63. The summed E-state index contributed by atoms with van der Waals surface area (Å²) in [6, 6.07) is 13.1. The summed E-state index contributed by atoms with van der Waals surface area (Å²) < 4.78 is 0.850. The topological polar surface area (TPSA) is 77.8 Å². The summed E-state index contributed by atoms with van der Waals surface area (Å²) in [6.45, 7) is 2.15. The number of amides is 1. The van der Waals surface area contributed by atoms with Crippen molar-refractivity contribution in [3.63, 3.8) is 0 Å². The van der Waals surface area contributed by atoms with Gasteiger partial charge in [-0.25, -0.2) is 4.98 Å². The zero-order chi connectivity index (χ0) is 18.1. The lowest BCUT2D eigenvalue weighted by Crippen LogP contribution is -2.14. The van der Waals surface area contributed by atoms with E-state index >= 15 is 0 Å². The van der Waals surface area contributed by atoms with Crippen LogP contribution >= 0.6 is 15.9 Å². The summed E-state index contributed by atoms with van der Waals surface area (Å²) in [5, 5.41) is 14.8. The first kappa shape index (κ1) is 18.7. The van der Waals surface area contributed by atoms with Gasteiger partial charge < -0.3 is 10.6 Å². The first-order chi connectivity index (χ1) is 12.1. The van der Waals surface area contributed by atoms with Crippen molar-refractivity contribution in [3.05, 3.63) is 64.4 Å². The molecular formula is C19H19BrN4O. The molecule has 0 aliphatic carbocycles. The summed E-state index contributed by atoms with van der Waals surface area (Å²) in [5.41, 5.74) is 1.87. The summed E-state index contributed by atoms with van der Waals surface area (Å²) in [5.74, 6) is 0.0810. The van der Waals surface area contributed by atoms with Crippen LogP contribution in [0.3, 0.4) is 0 Å². The zero-order valence-corrected chi connectivity index (χ0v) is 15.5. The summed E-state index contributed by atoms with van der Waals surface area (Å²) >= 11 is 3.30. The summed E-state index contributed by atoms with van der Waals surface area (Å²) in [7, 11) is 0. The van der Waals surface area contributed by atoms with E-state index in [1.54, 1.807) is 12.3 Å². The minimum absolute atomic E-state index is 0.0280. The molecule has 0 aliphatic rings. The van der Waals surface area contributed by atoms with Crippen molar-refractivity contribution < 1.29 is 4.79 Å². The molecule has 1 amide bonds. The molecule has 2 aromatic rings. The number of hydrogen-bond acceptors (Lipinski definition) is 4. The van der Waals surface area contributed by atoms with Gasteiger partial charge in [0, 0.05) is 22.6 Å². The minimum atomic E-state index is -0.464. The van der Waals surface area contributed by atoms with Crippen molar-refractivity contribution >= 4 is 33.3 Å². The van der Waals surface area contributed by atoms with Crippen LogP contribution in [0.1, 0.15) is 25.3 Å². The molecule has 128 valence electrons. The Labute approximate surface area is 155 Å². The molecule has 0 atom stereocenters. The first-order valence-electron chi connectivity index (χ1n) is 8.01. The second-order valence-electron chi connectivity index (χ2n) is 5.43. The summed E-state index contributed by atoms with van der Waals surface area (Å²) in [4.78, 5) is 16.3. The zero-order valence-electron chi connectivity index (χ0n) is 13.9. The maximum atomic E-state index is 12.2. The quantitative estimate of drug-likeness (QED) is 0.525. The molecule has 0 spiro atoms. The Morgan fingerprint density at radius 3 is 2.64 bits per heavy atom. The maximum absolute atomic E-state index is 12.2. The Morgan fingerprint density at radius 1 is 1.28 bits per heavy atom. The molecule has 0 fully saturated rings. The van der Waals surface area contributed by atoms with E-state index in [-0.39, 0.29) is 5.57 Å². The van der Waals surface area contributed by atoms with Gasteiger partial charge in [0.05, 0.1) is 0 Å². The number of unbranched alkanes of at least 4 members (excludes halogenated alkanes) is 1. The van der Waals surface area contributed by atoms with Crippen molar-refractivity contribution in [3.8, 4) is 6.07 Å². The Morgan fingerprint density at radius 2 is 2.04 bits per heavy atom. The van der Waals surface area contributed by atoms with E-state index in [2.05, 4.69) is 38.5 Å².